The van der Waals surface area contributed by atoms with E-state index in [1.54, 1.807) is 29.1 Å². The fourth-order valence-corrected chi connectivity index (χ4v) is 4.53. The molecule has 9 nitrogen and oxygen atoms in total. The van der Waals surface area contributed by atoms with Gasteiger partial charge in [0.25, 0.3) is 11.5 Å². The van der Waals surface area contributed by atoms with Gasteiger partial charge in [0.15, 0.2) is 0 Å². The molecule has 1 amide bonds. The number of nitrogens with zero attached hydrogens (tertiary/aromatic N) is 5. The second kappa shape index (κ2) is 8.41. The molecule has 9 heteroatoms. The van der Waals surface area contributed by atoms with Gasteiger partial charge in [-0.3, -0.25) is 19.1 Å². The smallest absolute Gasteiger partial charge is 0.328 e. The number of carbonyl (C=O) groups is 1. The van der Waals surface area contributed by atoms with Crippen molar-refractivity contribution in [2.75, 3.05) is 31.1 Å². The standard InChI is InChI=1S/C23H24N6O3/c30-20-18-6-2-7-19(18)29(23(32)26-20)15-16-4-1-5-17(14-16)21(31)27-10-12-28(13-11-27)22-24-8-3-9-25-22/h1,3-5,8-9,14H,2,6-7,10-13,15H2,(H,26,30,32). The largest absolute Gasteiger partial charge is 0.337 e. The summed E-state index contributed by atoms with van der Waals surface area (Å²) in [7, 11) is 0. The Bertz CT molecular complexity index is 1260. The number of fused-ring (bicyclic) bond motifs is 1. The lowest BCUT2D eigenvalue weighted by Gasteiger charge is -2.34. The summed E-state index contributed by atoms with van der Waals surface area (Å²) in [5.74, 6) is 0.653. The van der Waals surface area contributed by atoms with E-state index in [0.29, 0.717) is 56.2 Å². The van der Waals surface area contributed by atoms with Crippen LogP contribution in [0.5, 0.6) is 0 Å². The summed E-state index contributed by atoms with van der Waals surface area (Å²) >= 11 is 0. The molecule has 1 aliphatic heterocycles. The molecular weight excluding hydrogens is 408 g/mol. The van der Waals surface area contributed by atoms with E-state index in [2.05, 4.69) is 19.9 Å². The highest BCUT2D eigenvalue weighted by atomic mass is 16.2. The van der Waals surface area contributed by atoms with Gasteiger partial charge in [0.2, 0.25) is 5.95 Å². The van der Waals surface area contributed by atoms with Crippen LogP contribution >= 0.6 is 0 Å². The Morgan fingerprint density at radius 2 is 1.78 bits per heavy atom. The first-order chi connectivity index (χ1) is 15.6. The van der Waals surface area contributed by atoms with Gasteiger partial charge in [-0.1, -0.05) is 12.1 Å². The lowest BCUT2D eigenvalue weighted by atomic mass is 10.1. The molecule has 1 aliphatic carbocycles. The van der Waals surface area contributed by atoms with Crippen molar-refractivity contribution in [2.24, 2.45) is 0 Å². The second-order valence-electron chi connectivity index (χ2n) is 8.15. The van der Waals surface area contributed by atoms with Crippen LogP contribution < -0.4 is 16.1 Å². The number of aromatic amines is 1. The highest BCUT2D eigenvalue weighted by Gasteiger charge is 2.24. The van der Waals surface area contributed by atoms with Gasteiger partial charge in [0.05, 0.1) is 6.54 Å². The third-order valence-corrected chi connectivity index (χ3v) is 6.17. The zero-order chi connectivity index (χ0) is 22.1. The van der Waals surface area contributed by atoms with Crippen LogP contribution in [0.2, 0.25) is 0 Å². The number of H-pyrrole nitrogens is 1. The quantitative estimate of drug-likeness (QED) is 0.655. The maximum Gasteiger partial charge on any atom is 0.328 e. The number of hydrogen-bond acceptors (Lipinski definition) is 6. The molecule has 164 valence electrons. The van der Waals surface area contributed by atoms with Gasteiger partial charge in [0.1, 0.15) is 0 Å². The molecular formula is C23H24N6O3. The molecule has 3 aromatic rings. The van der Waals surface area contributed by atoms with Gasteiger partial charge in [-0.25, -0.2) is 14.8 Å². The van der Waals surface area contributed by atoms with E-state index in [1.165, 1.54) is 0 Å². The van der Waals surface area contributed by atoms with E-state index < -0.39 is 5.69 Å². The van der Waals surface area contributed by atoms with Crippen molar-refractivity contribution in [1.82, 2.24) is 24.4 Å². The van der Waals surface area contributed by atoms with Crippen LogP contribution in [0.3, 0.4) is 0 Å². The number of amides is 1. The van der Waals surface area contributed by atoms with Gasteiger partial charge in [-0.05, 0) is 43.0 Å². The molecule has 32 heavy (non-hydrogen) atoms. The lowest BCUT2D eigenvalue weighted by molar-refractivity contribution is 0.0746. The van der Waals surface area contributed by atoms with E-state index in [4.69, 9.17) is 0 Å². The van der Waals surface area contributed by atoms with Crippen molar-refractivity contribution in [3.8, 4) is 0 Å². The first-order valence-electron chi connectivity index (χ1n) is 10.9. The average Bonchev–Trinajstić information content (AvgIpc) is 3.33. The van der Waals surface area contributed by atoms with Crippen LogP contribution in [-0.2, 0) is 19.4 Å². The van der Waals surface area contributed by atoms with Crippen LogP contribution in [0.1, 0.15) is 33.6 Å². The van der Waals surface area contributed by atoms with Crippen molar-refractivity contribution in [2.45, 2.75) is 25.8 Å². The van der Waals surface area contributed by atoms with Crippen LogP contribution in [-0.4, -0.2) is 56.5 Å². The zero-order valence-corrected chi connectivity index (χ0v) is 17.7. The zero-order valence-electron chi connectivity index (χ0n) is 17.7. The summed E-state index contributed by atoms with van der Waals surface area (Å²) in [6.45, 7) is 2.86. The molecule has 0 bridgehead atoms. The van der Waals surface area contributed by atoms with Gasteiger partial charge in [-0.2, -0.15) is 0 Å². The van der Waals surface area contributed by atoms with Crippen molar-refractivity contribution >= 4 is 11.9 Å². The summed E-state index contributed by atoms with van der Waals surface area (Å²) < 4.78 is 1.63. The molecule has 1 fully saturated rings. The minimum atomic E-state index is -0.397. The minimum Gasteiger partial charge on any atom is -0.337 e. The molecule has 0 spiro atoms. The molecule has 0 radical (unpaired) electrons. The van der Waals surface area contributed by atoms with E-state index >= 15 is 0 Å². The molecule has 1 saturated heterocycles. The number of aromatic nitrogens is 4. The van der Waals surface area contributed by atoms with Crippen LogP contribution in [0.4, 0.5) is 5.95 Å². The summed E-state index contributed by atoms with van der Waals surface area (Å²) in [5.41, 5.74) is 2.30. The second-order valence-corrected chi connectivity index (χ2v) is 8.15. The van der Waals surface area contributed by atoms with Crippen molar-refractivity contribution in [3.63, 3.8) is 0 Å². The molecule has 0 atom stereocenters. The van der Waals surface area contributed by atoms with Crippen LogP contribution in [0, 0.1) is 0 Å². The Morgan fingerprint density at radius 3 is 2.56 bits per heavy atom. The predicted octanol–water partition coefficient (Wildman–Crippen LogP) is 0.826. The Labute approximate surface area is 184 Å². The molecule has 0 saturated carbocycles. The van der Waals surface area contributed by atoms with Gasteiger partial charge in [0, 0.05) is 55.4 Å². The Morgan fingerprint density at radius 1 is 1.00 bits per heavy atom. The maximum absolute atomic E-state index is 13.1. The number of nitrogens with one attached hydrogen (secondary N) is 1. The minimum absolute atomic E-state index is 0.0282. The van der Waals surface area contributed by atoms with Gasteiger partial charge < -0.3 is 9.80 Å². The van der Waals surface area contributed by atoms with Crippen molar-refractivity contribution in [1.29, 1.82) is 0 Å². The topological polar surface area (TPSA) is 104 Å². The highest BCUT2D eigenvalue weighted by Crippen LogP contribution is 2.19. The third-order valence-electron chi connectivity index (χ3n) is 6.17. The molecule has 5 rings (SSSR count). The predicted molar refractivity (Wildman–Crippen MR) is 119 cm³/mol. The fraction of sp³-hybridized carbons (Fsp3) is 0.348. The number of benzene rings is 1. The molecule has 1 aromatic carbocycles. The Balaban J connectivity index is 1.31. The van der Waals surface area contributed by atoms with E-state index in [1.807, 2.05) is 23.1 Å². The Kier molecular flexibility index (Phi) is 5.30. The summed E-state index contributed by atoms with van der Waals surface area (Å²) in [4.78, 5) is 52.5. The summed E-state index contributed by atoms with van der Waals surface area (Å²) in [5, 5.41) is 0. The summed E-state index contributed by atoms with van der Waals surface area (Å²) in [6, 6.07) is 9.17. The number of carbonyl (C=O) groups excluding carboxylic acids is 1. The maximum atomic E-state index is 13.1. The van der Waals surface area contributed by atoms with Crippen molar-refractivity contribution < 1.29 is 4.79 Å². The van der Waals surface area contributed by atoms with Crippen molar-refractivity contribution in [3.05, 3.63) is 85.9 Å². The lowest BCUT2D eigenvalue weighted by Crippen LogP contribution is -2.49. The number of piperazine rings is 1. The first-order valence-corrected chi connectivity index (χ1v) is 10.9. The number of anilines is 1. The number of hydrogen-bond donors (Lipinski definition) is 1. The highest BCUT2D eigenvalue weighted by molar-refractivity contribution is 5.94. The van der Waals surface area contributed by atoms with Gasteiger partial charge >= 0.3 is 5.69 Å². The molecule has 0 unspecified atom stereocenters. The molecule has 3 heterocycles. The van der Waals surface area contributed by atoms with E-state index in [0.717, 1.165) is 24.1 Å². The molecule has 2 aromatic heterocycles. The first kappa shape index (κ1) is 20.2. The Hall–Kier alpha value is -3.75. The summed E-state index contributed by atoms with van der Waals surface area (Å²) in [6.07, 6.45) is 5.73. The molecule has 2 aliphatic rings. The third kappa shape index (κ3) is 3.81. The molecule has 1 N–H and O–H groups in total. The number of rotatable bonds is 4. The average molecular weight is 432 g/mol. The van der Waals surface area contributed by atoms with Gasteiger partial charge in [-0.15, -0.1) is 0 Å². The monoisotopic (exact) mass is 432 g/mol. The van der Waals surface area contributed by atoms with E-state index in [9.17, 15) is 14.4 Å². The normalized spacial score (nSPS) is 15.6. The SMILES string of the molecule is O=C(c1cccc(Cn2c3c(c(=O)[nH]c2=O)CCC3)c1)N1CCN(c2ncccn2)CC1. The van der Waals surface area contributed by atoms with Crippen LogP contribution in [0.15, 0.2) is 52.3 Å². The van der Waals surface area contributed by atoms with Crippen LogP contribution in [0.25, 0.3) is 0 Å². The fourth-order valence-electron chi connectivity index (χ4n) is 4.53. The van der Waals surface area contributed by atoms with E-state index in [-0.39, 0.29) is 11.5 Å².